The van der Waals surface area contributed by atoms with Crippen LogP contribution in [-0.2, 0) is 13.0 Å². The van der Waals surface area contributed by atoms with Crippen LogP contribution in [0.25, 0.3) is 5.82 Å². The van der Waals surface area contributed by atoms with Crippen molar-refractivity contribution in [3.8, 4) is 5.82 Å². The Morgan fingerprint density at radius 1 is 1.33 bits per heavy atom. The van der Waals surface area contributed by atoms with Gasteiger partial charge in [-0.2, -0.15) is 5.10 Å². The van der Waals surface area contributed by atoms with Crippen LogP contribution in [0.15, 0.2) is 12.1 Å². The molecule has 0 radical (unpaired) electrons. The van der Waals surface area contributed by atoms with Gasteiger partial charge in [0.1, 0.15) is 0 Å². The molecule has 0 aliphatic carbocycles. The minimum Gasteiger partial charge on any atom is -0.390 e. The predicted molar refractivity (Wildman–Crippen MR) is 71.1 cm³/mol. The first-order chi connectivity index (χ1) is 8.58. The lowest BCUT2D eigenvalue weighted by molar-refractivity contribution is 0.277. The van der Waals surface area contributed by atoms with Crippen LogP contribution in [0.3, 0.4) is 0 Å². The van der Waals surface area contributed by atoms with Gasteiger partial charge in [-0.3, -0.25) is 0 Å². The molecule has 2 rings (SSSR count). The third kappa shape index (κ3) is 2.13. The standard InChI is InChI=1S/C13H16ClN3O/c1-4-10-8(2)16-17(9(10)3)13-6-5-11(14)12(7-18)15-13/h5-6,18H,4,7H2,1-3H3. The lowest BCUT2D eigenvalue weighted by Gasteiger charge is -2.06. The molecule has 0 aliphatic rings. The number of hydrogen-bond acceptors (Lipinski definition) is 3. The first kappa shape index (κ1) is 13.1. The van der Waals surface area contributed by atoms with Gasteiger partial charge in [0.25, 0.3) is 0 Å². The van der Waals surface area contributed by atoms with E-state index in [9.17, 15) is 5.11 Å². The van der Waals surface area contributed by atoms with Crippen LogP contribution in [0.1, 0.15) is 29.6 Å². The minimum atomic E-state index is -0.174. The fraction of sp³-hybridized carbons (Fsp3) is 0.385. The maximum Gasteiger partial charge on any atom is 0.154 e. The summed E-state index contributed by atoms with van der Waals surface area (Å²) < 4.78 is 1.80. The Balaban J connectivity index is 2.55. The fourth-order valence-electron chi connectivity index (χ4n) is 2.11. The van der Waals surface area contributed by atoms with Gasteiger partial charge in [0, 0.05) is 5.69 Å². The van der Waals surface area contributed by atoms with Gasteiger partial charge in [0.05, 0.1) is 23.0 Å². The Bertz CT molecular complexity index is 578. The molecule has 5 heteroatoms. The summed E-state index contributed by atoms with van der Waals surface area (Å²) in [6.45, 7) is 5.95. The van der Waals surface area contributed by atoms with Crippen LogP contribution in [0.4, 0.5) is 0 Å². The summed E-state index contributed by atoms with van der Waals surface area (Å²) in [5, 5.41) is 14.1. The van der Waals surface area contributed by atoms with Crippen molar-refractivity contribution in [1.82, 2.24) is 14.8 Å². The second-order valence-corrected chi connectivity index (χ2v) is 4.58. The topological polar surface area (TPSA) is 50.9 Å². The smallest absolute Gasteiger partial charge is 0.154 e. The number of aliphatic hydroxyl groups excluding tert-OH is 1. The van der Waals surface area contributed by atoms with Gasteiger partial charge >= 0.3 is 0 Å². The SMILES string of the molecule is CCc1c(C)nn(-c2ccc(Cl)c(CO)n2)c1C. The van der Waals surface area contributed by atoms with Gasteiger partial charge in [-0.1, -0.05) is 18.5 Å². The largest absolute Gasteiger partial charge is 0.390 e. The number of aliphatic hydroxyl groups is 1. The first-order valence-corrected chi connectivity index (χ1v) is 6.28. The lowest BCUT2D eigenvalue weighted by atomic mass is 10.1. The van der Waals surface area contributed by atoms with Crippen LogP contribution in [0.2, 0.25) is 5.02 Å². The number of nitrogens with zero attached hydrogens (tertiary/aromatic N) is 3. The van der Waals surface area contributed by atoms with E-state index in [0.29, 0.717) is 16.5 Å². The Labute approximate surface area is 111 Å². The van der Waals surface area contributed by atoms with Crippen molar-refractivity contribution in [3.05, 3.63) is 39.8 Å². The third-order valence-electron chi connectivity index (χ3n) is 3.07. The molecule has 0 atom stereocenters. The van der Waals surface area contributed by atoms with Crippen molar-refractivity contribution in [2.24, 2.45) is 0 Å². The maximum absolute atomic E-state index is 9.19. The number of aromatic nitrogens is 3. The average molecular weight is 266 g/mol. The molecule has 0 amide bonds. The summed E-state index contributed by atoms with van der Waals surface area (Å²) in [6.07, 6.45) is 0.943. The van der Waals surface area contributed by atoms with E-state index in [0.717, 1.165) is 17.8 Å². The highest BCUT2D eigenvalue weighted by Crippen LogP contribution is 2.20. The summed E-state index contributed by atoms with van der Waals surface area (Å²) in [6, 6.07) is 3.54. The van der Waals surface area contributed by atoms with Crippen LogP contribution in [0, 0.1) is 13.8 Å². The van der Waals surface area contributed by atoms with E-state index < -0.39 is 0 Å². The number of halogens is 1. The minimum absolute atomic E-state index is 0.174. The summed E-state index contributed by atoms with van der Waals surface area (Å²) in [5.41, 5.74) is 3.79. The number of pyridine rings is 1. The second-order valence-electron chi connectivity index (χ2n) is 4.17. The molecule has 0 bridgehead atoms. The van der Waals surface area contributed by atoms with Gasteiger partial charge < -0.3 is 5.11 Å². The van der Waals surface area contributed by atoms with Crippen LogP contribution in [0.5, 0.6) is 0 Å². The zero-order chi connectivity index (χ0) is 13.3. The van der Waals surface area contributed by atoms with Crippen molar-refractivity contribution >= 4 is 11.6 Å². The second kappa shape index (κ2) is 5.08. The highest BCUT2D eigenvalue weighted by atomic mass is 35.5. The molecule has 0 fully saturated rings. The van der Waals surface area contributed by atoms with Gasteiger partial charge in [-0.25, -0.2) is 9.67 Å². The van der Waals surface area contributed by atoms with Gasteiger partial charge in [-0.05, 0) is 38.0 Å². The van der Waals surface area contributed by atoms with Gasteiger partial charge in [-0.15, -0.1) is 0 Å². The van der Waals surface area contributed by atoms with Crippen LogP contribution < -0.4 is 0 Å². The fourth-order valence-corrected chi connectivity index (χ4v) is 2.28. The molecule has 2 aromatic rings. The summed E-state index contributed by atoms with van der Waals surface area (Å²) in [5.74, 6) is 0.684. The van der Waals surface area contributed by atoms with Gasteiger partial charge in [0.15, 0.2) is 5.82 Å². The molecular formula is C13H16ClN3O. The van der Waals surface area contributed by atoms with Crippen LogP contribution in [-0.4, -0.2) is 19.9 Å². The van der Waals surface area contributed by atoms with Gasteiger partial charge in [0.2, 0.25) is 0 Å². The molecule has 2 heterocycles. The van der Waals surface area contributed by atoms with Crippen molar-refractivity contribution in [1.29, 1.82) is 0 Å². The van der Waals surface area contributed by atoms with Crippen molar-refractivity contribution in [2.75, 3.05) is 0 Å². The molecule has 0 saturated heterocycles. The zero-order valence-electron chi connectivity index (χ0n) is 10.7. The maximum atomic E-state index is 9.19. The average Bonchev–Trinajstić information content (AvgIpc) is 2.65. The Morgan fingerprint density at radius 2 is 2.06 bits per heavy atom. The highest BCUT2D eigenvalue weighted by molar-refractivity contribution is 6.31. The molecule has 0 spiro atoms. The van der Waals surface area contributed by atoms with Crippen molar-refractivity contribution in [2.45, 2.75) is 33.8 Å². The number of hydrogen-bond donors (Lipinski definition) is 1. The van der Waals surface area contributed by atoms with E-state index in [4.69, 9.17) is 11.6 Å². The molecule has 4 nitrogen and oxygen atoms in total. The quantitative estimate of drug-likeness (QED) is 0.928. The molecule has 0 aromatic carbocycles. The summed E-state index contributed by atoms with van der Waals surface area (Å²) >= 11 is 5.94. The molecule has 0 aliphatic heterocycles. The summed E-state index contributed by atoms with van der Waals surface area (Å²) in [7, 11) is 0. The molecule has 1 N–H and O–H groups in total. The van der Waals surface area contributed by atoms with E-state index in [2.05, 4.69) is 17.0 Å². The molecule has 18 heavy (non-hydrogen) atoms. The molecule has 0 saturated carbocycles. The highest BCUT2D eigenvalue weighted by Gasteiger charge is 2.13. The van der Waals surface area contributed by atoms with Crippen molar-refractivity contribution in [3.63, 3.8) is 0 Å². The Hall–Kier alpha value is -1.39. The molecular weight excluding hydrogens is 250 g/mol. The molecule has 0 unspecified atom stereocenters. The zero-order valence-corrected chi connectivity index (χ0v) is 11.5. The predicted octanol–water partition coefficient (Wildman–Crippen LogP) is 2.59. The number of aryl methyl sites for hydroxylation is 1. The van der Waals surface area contributed by atoms with Crippen LogP contribution >= 0.6 is 11.6 Å². The van der Waals surface area contributed by atoms with E-state index in [-0.39, 0.29) is 6.61 Å². The number of rotatable bonds is 3. The van der Waals surface area contributed by atoms with E-state index in [1.165, 1.54) is 5.56 Å². The molecule has 96 valence electrons. The Kier molecular flexibility index (Phi) is 3.68. The normalized spacial score (nSPS) is 10.9. The van der Waals surface area contributed by atoms with E-state index >= 15 is 0 Å². The Morgan fingerprint density at radius 3 is 2.61 bits per heavy atom. The van der Waals surface area contributed by atoms with E-state index in [1.807, 2.05) is 13.8 Å². The van der Waals surface area contributed by atoms with E-state index in [1.54, 1.807) is 16.8 Å². The lowest BCUT2D eigenvalue weighted by Crippen LogP contribution is -2.04. The first-order valence-electron chi connectivity index (χ1n) is 5.90. The van der Waals surface area contributed by atoms with Crippen molar-refractivity contribution < 1.29 is 5.11 Å². The monoisotopic (exact) mass is 265 g/mol. The molecule has 2 aromatic heterocycles. The third-order valence-corrected chi connectivity index (χ3v) is 3.41. The summed E-state index contributed by atoms with van der Waals surface area (Å²) in [4.78, 5) is 4.33.